The maximum atomic E-state index is 5.36. The summed E-state index contributed by atoms with van der Waals surface area (Å²) in [6.07, 6.45) is 8.75. The lowest BCUT2D eigenvalue weighted by Gasteiger charge is -2.20. The molecular weight excluding hydrogens is 202 g/mol. The second-order valence-corrected chi connectivity index (χ2v) is 4.97. The number of hydrogen-bond donors (Lipinski definition) is 1. The Kier molecular flexibility index (Phi) is 2.91. The molecule has 1 aromatic rings. The Labute approximate surface area is 95.8 Å². The smallest absolute Gasteiger partial charge is 0.229 e. The molecule has 0 radical (unpaired) electrons. The van der Waals surface area contributed by atoms with Gasteiger partial charge in [-0.2, -0.15) is 4.98 Å². The van der Waals surface area contributed by atoms with Crippen LogP contribution in [-0.4, -0.2) is 16.7 Å². The van der Waals surface area contributed by atoms with Gasteiger partial charge in [-0.25, -0.2) is 0 Å². The molecule has 3 rings (SSSR count). The predicted molar refractivity (Wildman–Crippen MR) is 60.1 cm³/mol. The van der Waals surface area contributed by atoms with Crippen molar-refractivity contribution in [1.29, 1.82) is 0 Å². The molecule has 0 bridgehead atoms. The summed E-state index contributed by atoms with van der Waals surface area (Å²) in [4.78, 5) is 4.56. The minimum atomic E-state index is 0.320. The Morgan fingerprint density at radius 2 is 2.00 bits per heavy atom. The van der Waals surface area contributed by atoms with Gasteiger partial charge in [0.1, 0.15) is 0 Å². The molecular formula is C12H19N3O. The lowest BCUT2D eigenvalue weighted by atomic mass is 9.85. The molecule has 1 aliphatic heterocycles. The summed E-state index contributed by atoms with van der Waals surface area (Å²) in [6, 6.07) is 0.320. The third-order valence-corrected chi connectivity index (χ3v) is 3.78. The second-order valence-electron chi connectivity index (χ2n) is 4.97. The zero-order chi connectivity index (χ0) is 10.8. The third-order valence-electron chi connectivity index (χ3n) is 3.78. The van der Waals surface area contributed by atoms with Crippen LogP contribution in [0.15, 0.2) is 4.52 Å². The molecule has 1 atom stereocenters. The first-order chi connectivity index (χ1) is 7.93. The number of nitrogens with zero attached hydrogens (tertiary/aromatic N) is 2. The van der Waals surface area contributed by atoms with E-state index < -0.39 is 0 Å². The van der Waals surface area contributed by atoms with Gasteiger partial charge in [0, 0.05) is 5.92 Å². The molecule has 1 saturated carbocycles. The number of nitrogens with one attached hydrogen (secondary N) is 1. The standard InChI is InChI=1S/C12H19N3O/c1-2-7-10(13-8-3-1)11-14-12(16-15-11)9-5-4-6-9/h9-10,13H,1-8H2/t10-/m1/s1. The van der Waals surface area contributed by atoms with Crippen molar-refractivity contribution in [3.05, 3.63) is 11.7 Å². The van der Waals surface area contributed by atoms with Crippen LogP contribution in [0.4, 0.5) is 0 Å². The zero-order valence-electron chi connectivity index (χ0n) is 9.61. The van der Waals surface area contributed by atoms with Crippen molar-refractivity contribution in [2.24, 2.45) is 0 Å². The summed E-state index contributed by atoms with van der Waals surface area (Å²) >= 11 is 0. The third kappa shape index (κ3) is 1.98. The van der Waals surface area contributed by atoms with Crippen LogP contribution in [0.5, 0.6) is 0 Å². The predicted octanol–water partition coefficient (Wildman–Crippen LogP) is 2.54. The molecule has 2 heterocycles. The van der Waals surface area contributed by atoms with Gasteiger partial charge in [0.25, 0.3) is 0 Å². The maximum Gasteiger partial charge on any atom is 0.229 e. The van der Waals surface area contributed by atoms with E-state index in [9.17, 15) is 0 Å². The zero-order valence-corrected chi connectivity index (χ0v) is 9.61. The average molecular weight is 221 g/mol. The van der Waals surface area contributed by atoms with Crippen LogP contribution in [0, 0.1) is 0 Å². The first-order valence-corrected chi connectivity index (χ1v) is 6.50. The molecule has 16 heavy (non-hydrogen) atoms. The quantitative estimate of drug-likeness (QED) is 0.833. The number of rotatable bonds is 2. The van der Waals surface area contributed by atoms with Gasteiger partial charge < -0.3 is 9.84 Å². The number of aromatic nitrogens is 2. The molecule has 1 aliphatic carbocycles. The summed E-state index contributed by atoms with van der Waals surface area (Å²) in [5.41, 5.74) is 0. The minimum Gasteiger partial charge on any atom is -0.339 e. The molecule has 0 amide bonds. The van der Waals surface area contributed by atoms with E-state index in [0.29, 0.717) is 12.0 Å². The van der Waals surface area contributed by atoms with Crippen LogP contribution in [0.25, 0.3) is 0 Å². The molecule has 2 aliphatic rings. The molecule has 0 unspecified atom stereocenters. The summed E-state index contributed by atoms with van der Waals surface area (Å²) in [5, 5.41) is 7.64. The molecule has 4 nitrogen and oxygen atoms in total. The van der Waals surface area contributed by atoms with Crippen LogP contribution in [-0.2, 0) is 0 Å². The van der Waals surface area contributed by atoms with E-state index in [2.05, 4.69) is 15.5 Å². The Bertz CT molecular complexity index is 338. The maximum absolute atomic E-state index is 5.36. The fourth-order valence-corrected chi connectivity index (χ4v) is 2.46. The minimum absolute atomic E-state index is 0.320. The average Bonchev–Trinajstić information content (AvgIpc) is 2.52. The molecule has 0 spiro atoms. The highest BCUT2D eigenvalue weighted by molar-refractivity contribution is 5.01. The van der Waals surface area contributed by atoms with Gasteiger partial charge >= 0.3 is 0 Å². The van der Waals surface area contributed by atoms with Gasteiger partial charge in [0.05, 0.1) is 6.04 Å². The molecule has 4 heteroatoms. The van der Waals surface area contributed by atoms with E-state index in [0.717, 1.165) is 24.7 Å². The van der Waals surface area contributed by atoms with E-state index in [1.165, 1.54) is 38.5 Å². The van der Waals surface area contributed by atoms with Crippen molar-refractivity contribution in [1.82, 2.24) is 15.5 Å². The van der Waals surface area contributed by atoms with Crippen LogP contribution in [0.3, 0.4) is 0 Å². The van der Waals surface area contributed by atoms with Gasteiger partial charge in [-0.3, -0.25) is 0 Å². The normalized spacial score (nSPS) is 27.4. The molecule has 0 aromatic carbocycles. The Morgan fingerprint density at radius 3 is 2.81 bits per heavy atom. The van der Waals surface area contributed by atoms with Crippen molar-refractivity contribution in [3.63, 3.8) is 0 Å². The highest BCUT2D eigenvalue weighted by Crippen LogP contribution is 2.35. The first kappa shape index (κ1) is 10.3. The van der Waals surface area contributed by atoms with Crippen LogP contribution < -0.4 is 5.32 Å². The van der Waals surface area contributed by atoms with Crippen LogP contribution >= 0.6 is 0 Å². The van der Waals surface area contributed by atoms with Gasteiger partial charge in [-0.15, -0.1) is 0 Å². The van der Waals surface area contributed by atoms with Gasteiger partial charge in [0.15, 0.2) is 5.82 Å². The van der Waals surface area contributed by atoms with E-state index in [1.807, 2.05) is 0 Å². The highest BCUT2D eigenvalue weighted by Gasteiger charge is 2.27. The topological polar surface area (TPSA) is 51.0 Å². The van der Waals surface area contributed by atoms with Crippen molar-refractivity contribution >= 4 is 0 Å². The van der Waals surface area contributed by atoms with Crippen molar-refractivity contribution in [2.45, 2.75) is 56.9 Å². The van der Waals surface area contributed by atoms with E-state index in [1.54, 1.807) is 0 Å². The van der Waals surface area contributed by atoms with Gasteiger partial charge in [0.2, 0.25) is 5.89 Å². The summed E-state index contributed by atoms with van der Waals surface area (Å²) in [5.74, 6) is 2.29. The fraction of sp³-hybridized carbons (Fsp3) is 0.833. The summed E-state index contributed by atoms with van der Waals surface area (Å²) < 4.78 is 5.36. The van der Waals surface area contributed by atoms with Crippen molar-refractivity contribution in [2.75, 3.05) is 6.54 Å². The van der Waals surface area contributed by atoms with Crippen molar-refractivity contribution < 1.29 is 4.52 Å². The van der Waals surface area contributed by atoms with Gasteiger partial charge in [-0.1, -0.05) is 24.4 Å². The molecule has 1 N–H and O–H groups in total. The Hall–Kier alpha value is -0.900. The Morgan fingerprint density at radius 1 is 1.06 bits per heavy atom. The van der Waals surface area contributed by atoms with Crippen molar-refractivity contribution in [3.8, 4) is 0 Å². The van der Waals surface area contributed by atoms with E-state index >= 15 is 0 Å². The lowest BCUT2D eigenvalue weighted by Crippen LogP contribution is -2.21. The molecule has 2 fully saturated rings. The molecule has 1 aromatic heterocycles. The summed E-state index contributed by atoms with van der Waals surface area (Å²) in [6.45, 7) is 1.08. The molecule has 1 saturated heterocycles. The lowest BCUT2D eigenvalue weighted by molar-refractivity contribution is 0.289. The van der Waals surface area contributed by atoms with E-state index in [4.69, 9.17) is 4.52 Å². The number of hydrogen-bond acceptors (Lipinski definition) is 4. The second kappa shape index (κ2) is 4.53. The SMILES string of the molecule is C1CCN[C@@H](c2noc(C3CCC3)n2)CC1. The summed E-state index contributed by atoms with van der Waals surface area (Å²) in [7, 11) is 0. The van der Waals surface area contributed by atoms with Gasteiger partial charge in [-0.05, 0) is 32.2 Å². The van der Waals surface area contributed by atoms with Crippen LogP contribution in [0.2, 0.25) is 0 Å². The van der Waals surface area contributed by atoms with E-state index in [-0.39, 0.29) is 0 Å². The molecule has 88 valence electrons. The highest BCUT2D eigenvalue weighted by atomic mass is 16.5. The largest absolute Gasteiger partial charge is 0.339 e. The fourth-order valence-electron chi connectivity index (χ4n) is 2.46. The Balaban J connectivity index is 1.70. The van der Waals surface area contributed by atoms with Crippen LogP contribution in [0.1, 0.15) is 68.6 Å². The first-order valence-electron chi connectivity index (χ1n) is 6.50. The monoisotopic (exact) mass is 221 g/mol.